The fourth-order valence-electron chi connectivity index (χ4n) is 5.67. The summed E-state index contributed by atoms with van der Waals surface area (Å²) in [5, 5.41) is 11.7. The van der Waals surface area contributed by atoms with Crippen LogP contribution in [0.3, 0.4) is 0 Å². The minimum Gasteiger partial charge on any atom is -0.491 e. The summed E-state index contributed by atoms with van der Waals surface area (Å²) in [5.41, 5.74) is 0. The molecule has 3 unspecified atom stereocenters. The number of aliphatic hydroxyl groups is 1. The van der Waals surface area contributed by atoms with Crippen molar-refractivity contribution in [1.82, 2.24) is 0 Å². The molecule has 0 spiro atoms. The van der Waals surface area contributed by atoms with E-state index in [-0.39, 0.29) is 49.9 Å². The van der Waals surface area contributed by atoms with Crippen LogP contribution in [0.25, 0.3) is 0 Å². The van der Waals surface area contributed by atoms with Crippen LogP contribution in [0.2, 0.25) is 5.02 Å². The van der Waals surface area contributed by atoms with E-state index in [0.717, 1.165) is 51.4 Å². The van der Waals surface area contributed by atoms with Crippen LogP contribution >= 0.6 is 11.6 Å². The van der Waals surface area contributed by atoms with Crippen LogP contribution in [0.1, 0.15) is 70.6 Å². The molecule has 10 heteroatoms. The zero-order valence-electron chi connectivity index (χ0n) is 24.7. The Hall–Kier alpha value is -1.72. The summed E-state index contributed by atoms with van der Waals surface area (Å²) in [6.07, 6.45) is 10.7. The van der Waals surface area contributed by atoms with Gasteiger partial charge in [-0.1, -0.05) is 29.8 Å². The highest BCUT2D eigenvalue weighted by Gasteiger charge is 2.45. The standard InChI is InChI=1S/C32H47ClO9/c1-36-29(35)14-5-3-2-4-13-26-27(34)20-28(42-31-16-7-9-18-38-31)32(26)40-22-25(41-30-15-6-8-17-37-30)21-39-24-12-10-11-23(33)19-24/h2,4,10-12,19,25-28,30-32,34H,3,5-9,13-18,20-22H2,1H3/t25?,26-,27-,28+,30?,31?,32+/m0/s1. The lowest BCUT2D eigenvalue weighted by Crippen LogP contribution is -2.40. The van der Waals surface area contributed by atoms with Crippen molar-refractivity contribution in [2.45, 2.75) is 108 Å². The van der Waals surface area contributed by atoms with Gasteiger partial charge in [0.15, 0.2) is 12.6 Å². The molecule has 42 heavy (non-hydrogen) atoms. The van der Waals surface area contributed by atoms with E-state index >= 15 is 0 Å². The molecule has 1 N–H and O–H groups in total. The van der Waals surface area contributed by atoms with Crippen LogP contribution < -0.4 is 4.74 Å². The molecule has 3 fully saturated rings. The molecule has 9 nitrogen and oxygen atoms in total. The van der Waals surface area contributed by atoms with E-state index in [1.54, 1.807) is 12.1 Å². The van der Waals surface area contributed by atoms with Gasteiger partial charge in [0, 0.05) is 37.0 Å². The number of hydrogen-bond acceptors (Lipinski definition) is 9. The first kappa shape index (κ1) is 33.2. The zero-order chi connectivity index (χ0) is 29.6. The van der Waals surface area contributed by atoms with Crippen LogP contribution in [0, 0.1) is 5.92 Å². The topological polar surface area (TPSA) is 102 Å². The fraction of sp³-hybridized carbons (Fsp3) is 0.719. The summed E-state index contributed by atoms with van der Waals surface area (Å²) in [7, 11) is 1.40. The molecule has 2 heterocycles. The molecule has 236 valence electrons. The van der Waals surface area contributed by atoms with Gasteiger partial charge in [0.1, 0.15) is 18.5 Å². The number of allylic oxidation sites excluding steroid dienone is 2. The van der Waals surface area contributed by atoms with E-state index in [1.165, 1.54) is 7.11 Å². The number of hydrogen-bond donors (Lipinski definition) is 1. The van der Waals surface area contributed by atoms with Crippen LogP contribution in [0.4, 0.5) is 0 Å². The monoisotopic (exact) mass is 610 g/mol. The average molecular weight is 611 g/mol. The maximum Gasteiger partial charge on any atom is 0.305 e. The summed E-state index contributed by atoms with van der Waals surface area (Å²) >= 11 is 6.15. The molecule has 0 bridgehead atoms. The molecule has 7 atom stereocenters. The fourth-order valence-corrected chi connectivity index (χ4v) is 5.85. The minimum absolute atomic E-state index is 0.157. The molecule has 0 amide bonds. The first-order valence-corrected chi connectivity index (χ1v) is 15.8. The van der Waals surface area contributed by atoms with Gasteiger partial charge < -0.3 is 38.3 Å². The molecule has 2 saturated heterocycles. The normalized spacial score (nSPS) is 29.0. The lowest BCUT2D eigenvalue weighted by molar-refractivity contribution is -0.226. The van der Waals surface area contributed by atoms with E-state index in [1.807, 2.05) is 12.1 Å². The minimum atomic E-state index is -0.577. The van der Waals surface area contributed by atoms with Gasteiger partial charge in [-0.05, 0) is 76.0 Å². The molecule has 3 aliphatic rings. The quantitative estimate of drug-likeness (QED) is 0.146. The number of benzene rings is 1. The SMILES string of the molecule is COC(=O)CCCC=CC[C@@H]1[C@@H](OCC(COc2cccc(Cl)c2)OC2CCCCO2)[C@H](OC2CCCCO2)C[C@@H]1O. The van der Waals surface area contributed by atoms with Crippen molar-refractivity contribution in [1.29, 1.82) is 0 Å². The Labute approximate surface area is 254 Å². The van der Waals surface area contributed by atoms with Crippen molar-refractivity contribution in [2.24, 2.45) is 5.92 Å². The third-order valence-corrected chi connectivity index (χ3v) is 8.20. The number of ether oxygens (including phenoxy) is 7. The van der Waals surface area contributed by atoms with Gasteiger partial charge >= 0.3 is 5.97 Å². The van der Waals surface area contributed by atoms with Crippen molar-refractivity contribution in [2.75, 3.05) is 33.5 Å². The number of methoxy groups -OCH3 is 1. The number of halogens is 1. The first-order valence-electron chi connectivity index (χ1n) is 15.5. The van der Waals surface area contributed by atoms with E-state index < -0.39 is 12.2 Å². The Morgan fingerprint density at radius 3 is 2.60 bits per heavy atom. The van der Waals surface area contributed by atoms with Crippen molar-refractivity contribution in [3.63, 3.8) is 0 Å². The van der Waals surface area contributed by atoms with Gasteiger partial charge in [-0.2, -0.15) is 0 Å². The highest BCUT2D eigenvalue weighted by molar-refractivity contribution is 6.30. The number of aliphatic hydroxyl groups excluding tert-OH is 1. The predicted molar refractivity (Wildman–Crippen MR) is 157 cm³/mol. The summed E-state index contributed by atoms with van der Waals surface area (Å²) in [6.45, 7) is 1.87. The zero-order valence-corrected chi connectivity index (χ0v) is 25.5. The smallest absolute Gasteiger partial charge is 0.305 e. The average Bonchev–Trinajstić information content (AvgIpc) is 3.30. The van der Waals surface area contributed by atoms with Gasteiger partial charge in [-0.25, -0.2) is 0 Å². The van der Waals surface area contributed by atoms with Gasteiger partial charge in [-0.3, -0.25) is 4.79 Å². The third-order valence-electron chi connectivity index (χ3n) is 7.96. The molecule has 0 aromatic heterocycles. The van der Waals surface area contributed by atoms with Crippen LogP contribution in [-0.4, -0.2) is 81.6 Å². The summed E-state index contributed by atoms with van der Waals surface area (Å²) in [5.74, 6) is 0.293. The molecule has 1 saturated carbocycles. The number of carbonyl (C=O) groups excluding carboxylic acids is 1. The second-order valence-corrected chi connectivity index (χ2v) is 11.7. The molecule has 1 aliphatic carbocycles. The highest BCUT2D eigenvalue weighted by Crippen LogP contribution is 2.36. The predicted octanol–water partition coefficient (Wildman–Crippen LogP) is 5.60. The van der Waals surface area contributed by atoms with E-state index in [9.17, 15) is 9.90 Å². The van der Waals surface area contributed by atoms with E-state index in [4.69, 9.17) is 44.8 Å². The van der Waals surface area contributed by atoms with Crippen molar-refractivity contribution in [3.05, 3.63) is 41.4 Å². The molecular formula is C32H47ClO9. The van der Waals surface area contributed by atoms with Gasteiger partial charge in [0.2, 0.25) is 0 Å². The Kier molecular flexibility index (Phi) is 14.4. The third kappa shape index (κ3) is 11.1. The van der Waals surface area contributed by atoms with Crippen LogP contribution in [0.5, 0.6) is 5.75 Å². The number of carbonyl (C=O) groups is 1. The molecule has 4 rings (SSSR count). The lowest BCUT2D eigenvalue weighted by atomic mass is 9.98. The van der Waals surface area contributed by atoms with Gasteiger partial charge in [-0.15, -0.1) is 0 Å². The Balaban J connectivity index is 1.39. The Morgan fingerprint density at radius 1 is 1.10 bits per heavy atom. The van der Waals surface area contributed by atoms with E-state index in [0.29, 0.717) is 43.2 Å². The highest BCUT2D eigenvalue weighted by atomic mass is 35.5. The van der Waals surface area contributed by atoms with Crippen molar-refractivity contribution in [3.8, 4) is 5.75 Å². The Bertz CT molecular complexity index is 948. The maximum absolute atomic E-state index is 11.4. The molecule has 1 aromatic carbocycles. The van der Waals surface area contributed by atoms with Crippen LogP contribution in [0.15, 0.2) is 36.4 Å². The van der Waals surface area contributed by atoms with Crippen LogP contribution in [-0.2, 0) is 33.2 Å². The maximum atomic E-state index is 11.4. The van der Waals surface area contributed by atoms with Crippen molar-refractivity contribution < 1.29 is 43.1 Å². The van der Waals surface area contributed by atoms with Crippen molar-refractivity contribution >= 4 is 17.6 Å². The second-order valence-electron chi connectivity index (χ2n) is 11.2. The molecular weight excluding hydrogens is 564 g/mol. The molecule has 1 aromatic rings. The number of rotatable bonds is 16. The van der Waals surface area contributed by atoms with E-state index in [2.05, 4.69) is 12.2 Å². The number of unbranched alkanes of at least 4 members (excludes halogenated alkanes) is 1. The first-order chi connectivity index (χ1) is 20.5. The summed E-state index contributed by atoms with van der Waals surface area (Å²) in [4.78, 5) is 11.4. The Morgan fingerprint density at radius 2 is 1.88 bits per heavy atom. The summed E-state index contributed by atoms with van der Waals surface area (Å²) < 4.78 is 41.7. The largest absolute Gasteiger partial charge is 0.491 e. The second kappa shape index (κ2) is 18.2. The van der Waals surface area contributed by atoms with Gasteiger partial charge in [0.25, 0.3) is 0 Å². The van der Waals surface area contributed by atoms with Gasteiger partial charge in [0.05, 0.1) is 32.0 Å². The lowest BCUT2D eigenvalue weighted by Gasteiger charge is -2.32. The number of esters is 1. The summed E-state index contributed by atoms with van der Waals surface area (Å²) in [6, 6.07) is 7.27. The molecule has 2 aliphatic heterocycles. The molecule has 0 radical (unpaired) electrons.